The summed E-state index contributed by atoms with van der Waals surface area (Å²) >= 11 is 5.04. The summed E-state index contributed by atoms with van der Waals surface area (Å²) in [5.41, 5.74) is 9.99. The van der Waals surface area contributed by atoms with Crippen LogP contribution < -0.4 is 28.4 Å². The SMILES string of the molecule is Cc1cccc(C(=O)c2cc(C(=O)c3cccc(C)n3)cc(C(=O)c3cccc(C)n3)c2)n1.Cc1cccc(Oc2cc(Oc3cccc(F)n3)cc(Oc3cccc(F)n3)c2)n1.Cc1cccc(Sc2cc(Sc3cccc(C)n3)cc(Sc3cccc(C)n3)c2)n1.Cc1cccnc1Oc1cc(Oc2ncccc2C)cc(Oc2ncccc2C)c1. The summed E-state index contributed by atoms with van der Waals surface area (Å²) in [6.07, 6.45) is 5.07. The van der Waals surface area contributed by atoms with Crippen LogP contribution in [-0.4, -0.2) is 77.2 Å². The molecule has 123 heavy (non-hydrogen) atoms. The topological polar surface area (TPSA) is 261 Å². The van der Waals surface area contributed by atoms with Crippen molar-refractivity contribution in [3.05, 3.63) is 394 Å². The molecule has 26 heteroatoms. The van der Waals surface area contributed by atoms with Crippen LogP contribution in [0.15, 0.2) is 321 Å². The van der Waals surface area contributed by atoms with Gasteiger partial charge in [-0.1, -0.05) is 108 Å². The van der Waals surface area contributed by atoms with Crippen molar-refractivity contribution in [3.8, 4) is 69.8 Å². The van der Waals surface area contributed by atoms with Gasteiger partial charge in [-0.05, 0) is 215 Å². The van der Waals surface area contributed by atoms with E-state index in [4.69, 9.17) is 28.4 Å². The Morgan fingerprint density at radius 3 is 0.772 bits per heavy atom. The van der Waals surface area contributed by atoms with Crippen LogP contribution in [0.2, 0.25) is 0 Å². The monoisotopic (exact) mass is 1690 g/mol. The minimum atomic E-state index is -0.677. The highest BCUT2D eigenvalue weighted by atomic mass is 32.2. The lowest BCUT2D eigenvalue weighted by molar-refractivity contribution is 0.103. The van der Waals surface area contributed by atoms with Gasteiger partial charge in [0, 0.05) is 161 Å². The molecule has 0 N–H and O–H groups in total. The number of rotatable bonds is 24. The molecule has 0 bridgehead atoms. The molecular formula is C97H78F2N12O9S3. The fourth-order valence-electron chi connectivity index (χ4n) is 11.6. The van der Waals surface area contributed by atoms with E-state index in [0.717, 1.165) is 69.2 Å². The van der Waals surface area contributed by atoms with Crippen molar-refractivity contribution in [1.29, 1.82) is 0 Å². The number of benzene rings is 4. The lowest BCUT2D eigenvalue weighted by Crippen LogP contribution is -2.13. The Hall–Kier alpha value is -14.6. The van der Waals surface area contributed by atoms with Gasteiger partial charge in [0.05, 0.1) is 0 Å². The zero-order chi connectivity index (χ0) is 86.3. The highest BCUT2D eigenvalue weighted by molar-refractivity contribution is 8.00. The number of hydrogen-bond acceptors (Lipinski definition) is 24. The minimum Gasteiger partial charge on any atom is -0.439 e. The highest BCUT2D eigenvalue weighted by Gasteiger charge is 2.23. The molecule has 0 radical (unpaired) electrons. The van der Waals surface area contributed by atoms with E-state index in [9.17, 15) is 23.2 Å². The van der Waals surface area contributed by atoms with Gasteiger partial charge in [-0.15, -0.1) is 0 Å². The van der Waals surface area contributed by atoms with E-state index in [1.165, 1.54) is 60.7 Å². The molecule has 0 aliphatic rings. The summed E-state index contributed by atoms with van der Waals surface area (Å²) in [5.74, 6) is 2.01. The van der Waals surface area contributed by atoms with Crippen molar-refractivity contribution in [2.75, 3.05) is 0 Å². The zero-order valence-corrected chi connectivity index (χ0v) is 70.7. The molecule has 0 aliphatic carbocycles. The van der Waals surface area contributed by atoms with Gasteiger partial charge >= 0.3 is 0 Å². The van der Waals surface area contributed by atoms with Gasteiger partial charge < -0.3 is 28.4 Å². The maximum Gasteiger partial charge on any atom is 0.222 e. The standard InChI is InChI=1S/C27H21N3O3.C24H21N3O3.C24H21N3S3.C22H15F2N3O3/c1-16-7-4-10-22(28-16)25(31)19-13-20(26(32)23-11-5-8-17(2)29-23)15-21(14-19)27(33)24-12-6-9-18(3)30-24;1-16-7-4-10-25-22(16)28-19-13-20(29-23-17(2)8-5-11-26-23)15-21(14-19)30-24-18(3)9-6-12-27-24;1-16-7-4-10-22(25-16)28-19-13-20(29-23-11-5-8-17(2)26-23)15-21(14-19)30-24-12-6-9-18(3)27-24;1-14-5-2-8-20(25-14)28-15-11-16(29-21-9-3-6-18(23)26-21)13-17(12-15)30-22-10-4-7-19(24)27-22/h4-15H,1-3H3;2*4-15H,1-3H3;2-13H,1H3. The first-order chi connectivity index (χ1) is 59.5. The average molecular weight is 1690 g/mol. The third kappa shape index (κ3) is 25.5. The predicted octanol–water partition coefficient (Wildman–Crippen LogP) is 23.7. The van der Waals surface area contributed by atoms with E-state index >= 15 is 0 Å². The van der Waals surface area contributed by atoms with Crippen molar-refractivity contribution in [2.24, 2.45) is 0 Å². The molecule has 0 amide bonds. The Kier molecular flexibility index (Phi) is 29.0. The zero-order valence-electron chi connectivity index (χ0n) is 68.2. The van der Waals surface area contributed by atoms with E-state index in [0.29, 0.717) is 63.6 Å². The molecule has 16 aromatic rings. The number of pyridine rings is 12. The number of nitrogens with zero attached hydrogens (tertiary/aromatic N) is 12. The van der Waals surface area contributed by atoms with Crippen LogP contribution in [-0.2, 0) is 0 Å². The largest absolute Gasteiger partial charge is 0.439 e. The summed E-state index contributed by atoms with van der Waals surface area (Å²) < 4.78 is 61.9. The third-order valence-electron chi connectivity index (χ3n) is 17.3. The lowest BCUT2D eigenvalue weighted by atomic mass is 9.95. The summed E-state index contributed by atoms with van der Waals surface area (Å²) in [7, 11) is 0. The van der Waals surface area contributed by atoms with Crippen molar-refractivity contribution in [2.45, 2.75) is 99.0 Å². The molecule has 0 saturated carbocycles. The number of ketones is 3. The van der Waals surface area contributed by atoms with Gasteiger partial charge in [-0.25, -0.2) is 49.8 Å². The van der Waals surface area contributed by atoms with Crippen LogP contribution in [0.1, 0.15) is 105 Å². The molecule has 0 atom stereocenters. The van der Waals surface area contributed by atoms with Crippen LogP contribution in [0.5, 0.6) is 69.8 Å². The van der Waals surface area contributed by atoms with Gasteiger partial charge in [-0.2, -0.15) is 18.7 Å². The molecule has 21 nitrogen and oxygen atoms in total. The number of ether oxygens (including phenoxy) is 6. The molecule has 0 aliphatic heterocycles. The van der Waals surface area contributed by atoms with Crippen molar-refractivity contribution in [3.63, 3.8) is 0 Å². The molecule has 12 heterocycles. The second-order valence-corrected chi connectivity index (χ2v) is 30.8. The second-order valence-electron chi connectivity index (χ2n) is 27.6. The van der Waals surface area contributed by atoms with Crippen molar-refractivity contribution in [1.82, 2.24) is 59.8 Å². The molecule has 16 rings (SSSR count). The fraction of sp³-hybridized carbons (Fsp3) is 0.103. The number of carbonyl (C=O) groups is 3. The van der Waals surface area contributed by atoms with Crippen LogP contribution in [0.25, 0.3) is 0 Å². The first kappa shape index (κ1) is 86.3. The summed E-state index contributed by atoms with van der Waals surface area (Å²) in [6.45, 7) is 19.1. The number of hydrogen-bond donors (Lipinski definition) is 0. The van der Waals surface area contributed by atoms with E-state index in [-0.39, 0.29) is 74.4 Å². The summed E-state index contributed by atoms with van der Waals surface area (Å²) in [6, 6.07) is 80.0. The van der Waals surface area contributed by atoms with Gasteiger partial charge in [0.2, 0.25) is 64.5 Å². The Morgan fingerprint density at radius 1 is 0.252 bits per heavy atom. The molecule has 0 spiro atoms. The molecular weight excluding hydrogens is 1610 g/mol. The van der Waals surface area contributed by atoms with E-state index in [1.807, 2.05) is 133 Å². The number of aryl methyl sites for hydroxylation is 10. The molecule has 4 aromatic carbocycles. The van der Waals surface area contributed by atoms with Gasteiger partial charge in [-0.3, -0.25) is 14.4 Å². The summed E-state index contributed by atoms with van der Waals surface area (Å²) in [5, 5.41) is 2.99. The van der Waals surface area contributed by atoms with Gasteiger partial charge in [0.1, 0.15) is 66.7 Å². The van der Waals surface area contributed by atoms with Crippen molar-refractivity contribution >= 4 is 52.6 Å². The van der Waals surface area contributed by atoms with Crippen LogP contribution in [0, 0.1) is 81.1 Å². The molecule has 612 valence electrons. The number of carbonyl (C=O) groups excluding carboxylic acids is 3. The Balaban J connectivity index is 0.000000141. The van der Waals surface area contributed by atoms with E-state index in [1.54, 1.807) is 166 Å². The maximum atomic E-state index is 13.4. The summed E-state index contributed by atoms with van der Waals surface area (Å²) in [4.78, 5) is 94.5. The first-order valence-electron chi connectivity index (χ1n) is 38.4. The highest BCUT2D eigenvalue weighted by Crippen LogP contribution is 2.41. The quantitative estimate of drug-likeness (QED) is 0.0402. The smallest absolute Gasteiger partial charge is 0.222 e. The Bertz CT molecular complexity index is 5670. The molecule has 12 aromatic heterocycles. The third-order valence-corrected chi connectivity index (χ3v) is 20.1. The van der Waals surface area contributed by atoms with Crippen LogP contribution in [0.4, 0.5) is 8.78 Å². The molecule has 0 saturated heterocycles. The second kappa shape index (κ2) is 41.4. The Labute approximate surface area is 722 Å². The normalized spacial score (nSPS) is 10.6. The van der Waals surface area contributed by atoms with Gasteiger partial charge in [0.15, 0.2) is 0 Å². The van der Waals surface area contributed by atoms with Gasteiger partial charge in [0.25, 0.3) is 0 Å². The van der Waals surface area contributed by atoms with E-state index < -0.39 is 11.9 Å². The molecule has 0 fully saturated rings. The first-order valence-corrected chi connectivity index (χ1v) is 40.8. The Morgan fingerprint density at radius 2 is 0.504 bits per heavy atom. The van der Waals surface area contributed by atoms with Crippen LogP contribution in [0.3, 0.4) is 0 Å². The predicted molar refractivity (Wildman–Crippen MR) is 467 cm³/mol. The number of aromatic nitrogens is 12. The van der Waals surface area contributed by atoms with E-state index in [2.05, 4.69) is 96.2 Å². The van der Waals surface area contributed by atoms with Crippen molar-refractivity contribution < 1.29 is 51.6 Å². The maximum absolute atomic E-state index is 13.4. The minimum absolute atomic E-state index is 0.0515. The number of halogens is 2. The lowest BCUT2D eigenvalue weighted by Gasteiger charge is -2.14. The average Bonchev–Trinajstić information content (AvgIpc) is 0.790. The van der Waals surface area contributed by atoms with Crippen LogP contribution >= 0.6 is 35.3 Å². The fourth-order valence-corrected chi connectivity index (χ4v) is 14.7. The molecule has 0 unspecified atom stereocenters.